The number of likely N-dealkylation sites (N-methyl/N-ethyl adjacent to an activating group) is 1. The third-order valence-corrected chi connectivity index (χ3v) is 2.85. The molecule has 2 heterocycles. The third-order valence-electron chi connectivity index (χ3n) is 2.85. The van der Waals surface area contributed by atoms with Crippen LogP contribution in [0.5, 0.6) is 0 Å². The molecule has 1 aliphatic heterocycles. The van der Waals surface area contributed by atoms with Gasteiger partial charge in [0.25, 0.3) is 0 Å². The lowest BCUT2D eigenvalue weighted by molar-refractivity contribution is 0.299. The summed E-state index contributed by atoms with van der Waals surface area (Å²) in [4.78, 5) is 2.41. The van der Waals surface area contributed by atoms with E-state index in [1.165, 1.54) is 19.4 Å². The molecule has 78 valence electrons. The van der Waals surface area contributed by atoms with Gasteiger partial charge in [-0.2, -0.15) is 0 Å². The van der Waals surface area contributed by atoms with Crippen molar-refractivity contribution in [3.8, 4) is 0 Å². The first-order valence-electron chi connectivity index (χ1n) is 5.16. The Morgan fingerprint density at radius 1 is 1.71 bits per heavy atom. The Bertz CT molecular complexity index is 260. The molecule has 1 atom stereocenters. The van der Waals surface area contributed by atoms with Crippen LogP contribution in [-0.4, -0.2) is 36.2 Å². The Hall–Kier alpha value is -0.870. The molecule has 1 saturated heterocycles. The highest BCUT2D eigenvalue weighted by atomic mass is 16.5. The molecule has 1 unspecified atom stereocenters. The molecule has 1 aromatic rings. The van der Waals surface area contributed by atoms with Crippen LogP contribution >= 0.6 is 0 Å². The van der Waals surface area contributed by atoms with Gasteiger partial charge in [-0.25, -0.2) is 0 Å². The zero-order valence-electron chi connectivity index (χ0n) is 8.57. The molecule has 1 aliphatic rings. The normalized spacial score (nSPS) is 23.1. The first-order chi connectivity index (χ1) is 6.86. The Morgan fingerprint density at radius 2 is 2.64 bits per heavy atom. The summed E-state index contributed by atoms with van der Waals surface area (Å²) in [5.74, 6) is 0. The summed E-state index contributed by atoms with van der Waals surface area (Å²) in [6.07, 6.45) is 4.24. The first kappa shape index (κ1) is 9.68. The molecule has 0 aliphatic carbocycles. The molecule has 4 heteroatoms. The number of rotatable bonds is 4. The van der Waals surface area contributed by atoms with Crippen LogP contribution in [-0.2, 0) is 6.54 Å². The number of likely N-dealkylation sites (tertiary alicyclic amines) is 1. The summed E-state index contributed by atoms with van der Waals surface area (Å²) in [6, 6.07) is 2.59. The molecule has 0 saturated carbocycles. The second-order valence-electron chi connectivity index (χ2n) is 3.90. The Balaban J connectivity index is 1.68. The van der Waals surface area contributed by atoms with E-state index in [0.717, 1.165) is 18.8 Å². The molecule has 0 aromatic carbocycles. The van der Waals surface area contributed by atoms with Gasteiger partial charge in [-0.15, -0.1) is 0 Å². The summed E-state index contributed by atoms with van der Waals surface area (Å²) >= 11 is 0. The van der Waals surface area contributed by atoms with E-state index < -0.39 is 0 Å². The molecule has 0 radical (unpaired) electrons. The maximum Gasteiger partial charge on any atom is 0.124 e. The van der Waals surface area contributed by atoms with Crippen LogP contribution in [0.3, 0.4) is 0 Å². The van der Waals surface area contributed by atoms with Crippen LogP contribution in [0.1, 0.15) is 18.5 Å². The zero-order chi connectivity index (χ0) is 9.80. The summed E-state index contributed by atoms with van der Waals surface area (Å²) in [5, 5.41) is 7.24. The molecule has 2 rings (SSSR count). The van der Waals surface area contributed by atoms with Gasteiger partial charge < -0.3 is 14.7 Å². The van der Waals surface area contributed by atoms with Crippen LogP contribution < -0.4 is 5.32 Å². The minimum atomic E-state index is 0.696. The first-order valence-corrected chi connectivity index (χ1v) is 5.16. The Labute approximate surface area is 84.3 Å². The minimum absolute atomic E-state index is 0.696. The second-order valence-corrected chi connectivity index (χ2v) is 3.90. The number of hydrogen-bond donors (Lipinski definition) is 1. The SMILES string of the molecule is CN1CCCC1CNCc1ccon1. The molecule has 1 fully saturated rings. The van der Waals surface area contributed by atoms with Crippen LogP contribution in [0.15, 0.2) is 16.9 Å². The maximum absolute atomic E-state index is 4.76. The van der Waals surface area contributed by atoms with Gasteiger partial charge >= 0.3 is 0 Å². The van der Waals surface area contributed by atoms with E-state index in [1.807, 2.05) is 6.07 Å². The van der Waals surface area contributed by atoms with Gasteiger partial charge in [0, 0.05) is 25.2 Å². The van der Waals surface area contributed by atoms with Gasteiger partial charge in [-0.05, 0) is 26.4 Å². The second kappa shape index (κ2) is 4.57. The third kappa shape index (κ3) is 2.33. The van der Waals surface area contributed by atoms with E-state index in [2.05, 4.69) is 22.4 Å². The predicted octanol–water partition coefficient (Wildman–Crippen LogP) is 0.858. The number of nitrogens with one attached hydrogen (secondary N) is 1. The summed E-state index contributed by atoms with van der Waals surface area (Å²) in [5.41, 5.74) is 0.977. The van der Waals surface area contributed by atoms with Crippen molar-refractivity contribution in [3.63, 3.8) is 0 Å². The monoisotopic (exact) mass is 195 g/mol. The van der Waals surface area contributed by atoms with E-state index in [1.54, 1.807) is 6.26 Å². The van der Waals surface area contributed by atoms with Crippen LogP contribution in [0, 0.1) is 0 Å². The quantitative estimate of drug-likeness (QED) is 0.773. The van der Waals surface area contributed by atoms with Gasteiger partial charge in [-0.3, -0.25) is 0 Å². The van der Waals surface area contributed by atoms with E-state index >= 15 is 0 Å². The molecular weight excluding hydrogens is 178 g/mol. The molecule has 0 spiro atoms. The lowest BCUT2D eigenvalue weighted by Gasteiger charge is -2.19. The zero-order valence-corrected chi connectivity index (χ0v) is 8.57. The maximum atomic E-state index is 4.76. The smallest absolute Gasteiger partial charge is 0.124 e. The van der Waals surface area contributed by atoms with Crippen LogP contribution in [0.4, 0.5) is 0 Å². The van der Waals surface area contributed by atoms with E-state index in [9.17, 15) is 0 Å². The highest BCUT2D eigenvalue weighted by molar-refractivity contribution is 4.94. The van der Waals surface area contributed by atoms with Gasteiger partial charge in [0.05, 0.1) is 5.69 Å². The van der Waals surface area contributed by atoms with Crippen LogP contribution in [0.2, 0.25) is 0 Å². The van der Waals surface area contributed by atoms with Crippen molar-refractivity contribution in [2.45, 2.75) is 25.4 Å². The van der Waals surface area contributed by atoms with Crippen molar-refractivity contribution in [2.75, 3.05) is 20.1 Å². The van der Waals surface area contributed by atoms with E-state index in [-0.39, 0.29) is 0 Å². The molecule has 1 N–H and O–H groups in total. The average Bonchev–Trinajstić information content (AvgIpc) is 2.78. The fourth-order valence-corrected chi connectivity index (χ4v) is 1.93. The highest BCUT2D eigenvalue weighted by Gasteiger charge is 2.19. The molecule has 1 aromatic heterocycles. The van der Waals surface area contributed by atoms with Crippen molar-refractivity contribution in [3.05, 3.63) is 18.0 Å². The van der Waals surface area contributed by atoms with Crippen molar-refractivity contribution < 1.29 is 4.52 Å². The van der Waals surface area contributed by atoms with Crippen molar-refractivity contribution >= 4 is 0 Å². The summed E-state index contributed by atoms with van der Waals surface area (Å²) in [7, 11) is 2.19. The highest BCUT2D eigenvalue weighted by Crippen LogP contribution is 2.13. The van der Waals surface area contributed by atoms with Crippen molar-refractivity contribution in [1.29, 1.82) is 0 Å². The van der Waals surface area contributed by atoms with Gasteiger partial charge in [0.1, 0.15) is 6.26 Å². The Morgan fingerprint density at radius 3 is 3.29 bits per heavy atom. The van der Waals surface area contributed by atoms with Crippen LogP contribution in [0.25, 0.3) is 0 Å². The minimum Gasteiger partial charge on any atom is -0.364 e. The Kier molecular flexibility index (Phi) is 3.16. The van der Waals surface area contributed by atoms with Gasteiger partial charge in [-0.1, -0.05) is 5.16 Å². The lowest BCUT2D eigenvalue weighted by atomic mass is 10.2. The molecule has 4 nitrogen and oxygen atoms in total. The van der Waals surface area contributed by atoms with E-state index in [4.69, 9.17) is 4.52 Å². The predicted molar refractivity (Wildman–Crippen MR) is 53.9 cm³/mol. The largest absolute Gasteiger partial charge is 0.364 e. The van der Waals surface area contributed by atoms with Gasteiger partial charge in [0.15, 0.2) is 0 Å². The molecular formula is C10H17N3O. The fourth-order valence-electron chi connectivity index (χ4n) is 1.93. The van der Waals surface area contributed by atoms with Crippen molar-refractivity contribution in [2.24, 2.45) is 0 Å². The van der Waals surface area contributed by atoms with Crippen molar-refractivity contribution in [1.82, 2.24) is 15.4 Å². The van der Waals surface area contributed by atoms with E-state index in [0.29, 0.717) is 6.04 Å². The molecule has 0 amide bonds. The summed E-state index contributed by atoms with van der Waals surface area (Å²) in [6.45, 7) is 3.08. The summed E-state index contributed by atoms with van der Waals surface area (Å²) < 4.78 is 4.76. The molecule has 14 heavy (non-hydrogen) atoms. The topological polar surface area (TPSA) is 41.3 Å². The molecule has 0 bridgehead atoms. The number of nitrogens with zero attached hydrogens (tertiary/aromatic N) is 2. The number of aromatic nitrogens is 1. The average molecular weight is 195 g/mol. The lowest BCUT2D eigenvalue weighted by Crippen LogP contribution is -2.35. The fraction of sp³-hybridized carbons (Fsp3) is 0.700. The number of hydrogen-bond acceptors (Lipinski definition) is 4. The standard InChI is InChI=1S/C10H17N3O/c1-13-5-2-3-10(13)8-11-7-9-4-6-14-12-9/h4,6,10-11H,2-3,5,7-8H2,1H3. The van der Waals surface area contributed by atoms with Gasteiger partial charge in [0.2, 0.25) is 0 Å².